The van der Waals surface area contributed by atoms with Crippen molar-refractivity contribution in [2.45, 2.75) is 25.7 Å². The molecule has 0 saturated carbocycles. The average molecular weight is 310 g/mol. The fourth-order valence-corrected chi connectivity index (χ4v) is 4.62. The van der Waals surface area contributed by atoms with Crippen molar-refractivity contribution in [3.8, 4) is 0 Å². The lowest BCUT2D eigenvalue weighted by Crippen LogP contribution is -2.32. The normalized spacial score (nSPS) is 26.0. The van der Waals surface area contributed by atoms with Gasteiger partial charge >= 0.3 is 0 Å². The van der Waals surface area contributed by atoms with Gasteiger partial charge in [-0.1, -0.05) is 0 Å². The van der Waals surface area contributed by atoms with Crippen LogP contribution in [0.2, 0.25) is 0 Å². The molecule has 120 valence electrons. The van der Waals surface area contributed by atoms with Crippen molar-refractivity contribution in [1.82, 2.24) is 10.2 Å². The number of benzene rings is 1. The van der Waals surface area contributed by atoms with Crippen LogP contribution in [0, 0.1) is 11.8 Å². The summed E-state index contributed by atoms with van der Waals surface area (Å²) in [5, 5.41) is 4.56. The highest BCUT2D eigenvalue weighted by Crippen LogP contribution is 2.31. The lowest BCUT2D eigenvalue weighted by atomic mass is 10.0. The van der Waals surface area contributed by atoms with Crippen molar-refractivity contribution in [3.63, 3.8) is 0 Å². The summed E-state index contributed by atoms with van der Waals surface area (Å²) in [7, 11) is 0. The number of amides is 1. The van der Waals surface area contributed by atoms with E-state index < -0.39 is 0 Å². The van der Waals surface area contributed by atoms with E-state index in [9.17, 15) is 4.79 Å². The van der Waals surface area contributed by atoms with E-state index in [1.807, 2.05) is 0 Å². The maximum Gasteiger partial charge on any atom is 0.227 e. The summed E-state index contributed by atoms with van der Waals surface area (Å²) < 4.78 is 5.73. The van der Waals surface area contributed by atoms with Gasteiger partial charge in [-0.25, -0.2) is 0 Å². The van der Waals surface area contributed by atoms with Gasteiger partial charge in [-0.05, 0) is 54.4 Å². The molecule has 1 aromatic heterocycles. The Balaban J connectivity index is 1.38. The van der Waals surface area contributed by atoms with E-state index in [4.69, 9.17) is 4.42 Å². The highest BCUT2D eigenvalue weighted by Gasteiger charge is 2.38. The number of likely N-dealkylation sites (tertiary alicyclic amines) is 1. The molecule has 1 N–H and O–H groups in total. The van der Waals surface area contributed by atoms with E-state index in [0.29, 0.717) is 18.3 Å². The number of hydrogen-bond acceptors (Lipinski definition) is 3. The SMILES string of the molecule is O=C(Cc1coc2cc3c(cc12)CCC3)N1C[C@H]2CNC[C@H]2C1. The Morgan fingerprint density at radius 3 is 2.70 bits per heavy atom. The zero-order chi connectivity index (χ0) is 15.4. The Hall–Kier alpha value is -1.81. The number of hydrogen-bond donors (Lipinski definition) is 1. The molecule has 2 aromatic rings. The van der Waals surface area contributed by atoms with E-state index in [-0.39, 0.29) is 5.91 Å². The fraction of sp³-hybridized carbons (Fsp3) is 0.526. The number of rotatable bonds is 2. The summed E-state index contributed by atoms with van der Waals surface area (Å²) in [4.78, 5) is 14.7. The van der Waals surface area contributed by atoms with E-state index >= 15 is 0 Å². The molecule has 4 nitrogen and oxygen atoms in total. The van der Waals surface area contributed by atoms with Crippen LogP contribution in [0.15, 0.2) is 22.8 Å². The first-order chi connectivity index (χ1) is 11.3. The van der Waals surface area contributed by atoms with E-state index in [1.54, 1.807) is 6.26 Å². The van der Waals surface area contributed by atoms with Gasteiger partial charge in [0.15, 0.2) is 0 Å². The van der Waals surface area contributed by atoms with Crippen molar-refractivity contribution in [3.05, 3.63) is 35.1 Å². The highest BCUT2D eigenvalue weighted by atomic mass is 16.3. The van der Waals surface area contributed by atoms with Crippen LogP contribution >= 0.6 is 0 Å². The third-order valence-corrected chi connectivity index (χ3v) is 5.95. The van der Waals surface area contributed by atoms with Crippen LogP contribution in [0.5, 0.6) is 0 Å². The largest absolute Gasteiger partial charge is 0.464 e. The average Bonchev–Trinajstić information content (AvgIpc) is 3.28. The van der Waals surface area contributed by atoms with E-state index in [2.05, 4.69) is 22.3 Å². The summed E-state index contributed by atoms with van der Waals surface area (Å²) in [5.74, 6) is 1.56. The van der Waals surface area contributed by atoms with Crippen LogP contribution in [0.3, 0.4) is 0 Å². The van der Waals surface area contributed by atoms with E-state index in [1.165, 1.54) is 17.5 Å². The van der Waals surface area contributed by atoms with Crippen molar-refractivity contribution >= 4 is 16.9 Å². The standard InChI is InChI=1S/C19H22N2O2/c22-19(21-9-15-7-20-8-16(15)10-21)6-14-11-23-18-5-13-3-1-2-12(13)4-17(14)18/h4-5,11,15-16,20H,1-3,6-10H2/t15-,16+. The minimum atomic E-state index is 0.252. The second-order valence-electron chi connectivity index (χ2n) is 7.39. The Labute approximate surface area is 135 Å². The molecule has 1 aromatic carbocycles. The predicted octanol–water partition coefficient (Wildman–Crippen LogP) is 2.14. The van der Waals surface area contributed by atoms with E-state index in [0.717, 1.165) is 55.6 Å². The monoisotopic (exact) mass is 310 g/mol. The second-order valence-corrected chi connectivity index (χ2v) is 7.39. The molecule has 2 saturated heterocycles. The van der Waals surface area contributed by atoms with Crippen LogP contribution in [0.1, 0.15) is 23.1 Å². The molecule has 2 aliphatic heterocycles. The van der Waals surface area contributed by atoms with Crippen molar-refractivity contribution in [2.75, 3.05) is 26.2 Å². The Morgan fingerprint density at radius 1 is 1.17 bits per heavy atom. The summed E-state index contributed by atoms with van der Waals surface area (Å²) in [6.07, 6.45) is 5.81. The molecule has 0 bridgehead atoms. The molecule has 3 heterocycles. The van der Waals surface area contributed by atoms with Gasteiger partial charge in [0.25, 0.3) is 0 Å². The van der Waals surface area contributed by atoms with Crippen LogP contribution < -0.4 is 5.32 Å². The predicted molar refractivity (Wildman–Crippen MR) is 88.4 cm³/mol. The number of carbonyl (C=O) groups is 1. The lowest BCUT2D eigenvalue weighted by molar-refractivity contribution is -0.129. The van der Waals surface area contributed by atoms with Gasteiger partial charge < -0.3 is 14.6 Å². The minimum absolute atomic E-state index is 0.252. The molecule has 1 amide bonds. The smallest absolute Gasteiger partial charge is 0.227 e. The first kappa shape index (κ1) is 13.6. The second kappa shape index (κ2) is 5.10. The molecule has 5 rings (SSSR count). The summed E-state index contributed by atoms with van der Waals surface area (Å²) >= 11 is 0. The maximum atomic E-state index is 12.7. The highest BCUT2D eigenvalue weighted by molar-refractivity contribution is 5.88. The molecular formula is C19H22N2O2. The van der Waals surface area contributed by atoms with Crippen molar-refractivity contribution in [2.24, 2.45) is 11.8 Å². The quantitative estimate of drug-likeness (QED) is 0.924. The summed E-state index contributed by atoms with van der Waals surface area (Å²) in [5.41, 5.74) is 4.85. The molecular weight excluding hydrogens is 288 g/mol. The van der Waals surface area contributed by atoms with Crippen LogP contribution in [0.4, 0.5) is 0 Å². The Bertz CT molecular complexity index is 767. The third kappa shape index (κ3) is 2.19. The maximum absolute atomic E-state index is 12.7. The first-order valence-electron chi connectivity index (χ1n) is 8.78. The van der Waals surface area contributed by atoms with Crippen LogP contribution in [-0.4, -0.2) is 37.0 Å². The number of aryl methyl sites for hydroxylation is 2. The number of carbonyl (C=O) groups excluding carboxylic acids is 1. The summed E-state index contributed by atoms with van der Waals surface area (Å²) in [6.45, 7) is 3.97. The molecule has 4 heteroatoms. The van der Waals surface area contributed by atoms with Crippen LogP contribution in [-0.2, 0) is 24.1 Å². The molecule has 23 heavy (non-hydrogen) atoms. The molecule has 1 aliphatic carbocycles. The molecule has 2 atom stereocenters. The van der Waals surface area contributed by atoms with Crippen LogP contribution in [0.25, 0.3) is 11.0 Å². The molecule has 0 radical (unpaired) electrons. The minimum Gasteiger partial charge on any atom is -0.464 e. The number of furan rings is 1. The lowest BCUT2D eigenvalue weighted by Gasteiger charge is -2.17. The topological polar surface area (TPSA) is 45.5 Å². The molecule has 0 unspecified atom stereocenters. The van der Waals surface area contributed by atoms with Gasteiger partial charge in [0.2, 0.25) is 5.91 Å². The van der Waals surface area contributed by atoms with Gasteiger partial charge in [-0.15, -0.1) is 0 Å². The van der Waals surface area contributed by atoms with Gasteiger partial charge in [-0.3, -0.25) is 4.79 Å². The molecule has 2 fully saturated rings. The number of nitrogens with zero attached hydrogens (tertiary/aromatic N) is 1. The molecule has 0 spiro atoms. The Kier molecular flexibility index (Phi) is 3.02. The molecule has 3 aliphatic rings. The first-order valence-corrected chi connectivity index (χ1v) is 8.78. The van der Waals surface area contributed by atoms with Gasteiger partial charge in [0.05, 0.1) is 12.7 Å². The third-order valence-electron chi connectivity index (χ3n) is 5.95. The van der Waals surface area contributed by atoms with Gasteiger partial charge in [0, 0.05) is 37.1 Å². The Morgan fingerprint density at radius 2 is 1.91 bits per heavy atom. The van der Waals surface area contributed by atoms with Crippen molar-refractivity contribution < 1.29 is 9.21 Å². The zero-order valence-electron chi connectivity index (χ0n) is 13.3. The van der Waals surface area contributed by atoms with Gasteiger partial charge in [-0.2, -0.15) is 0 Å². The zero-order valence-corrected chi connectivity index (χ0v) is 13.3. The fourth-order valence-electron chi connectivity index (χ4n) is 4.62. The summed E-state index contributed by atoms with van der Waals surface area (Å²) in [6, 6.07) is 4.43. The number of nitrogens with one attached hydrogen (secondary N) is 1. The van der Waals surface area contributed by atoms with Crippen molar-refractivity contribution in [1.29, 1.82) is 0 Å². The number of fused-ring (bicyclic) bond motifs is 3. The van der Waals surface area contributed by atoms with Gasteiger partial charge in [0.1, 0.15) is 5.58 Å².